The molecule has 1 aliphatic heterocycles. The third-order valence-corrected chi connectivity index (χ3v) is 7.95. The molecule has 9 heteroatoms. The fourth-order valence-corrected chi connectivity index (χ4v) is 6.54. The zero-order valence-electron chi connectivity index (χ0n) is 17.9. The second kappa shape index (κ2) is 11.2. The van der Waals surface area contributed by atoms with Gasteiger partial charge in [0.15, 0.2) is 5.85 Å². The number of hydrogen-bond donors (Lipinski definition) is 0. The van der Waals surface area contributed by atoms with Crippen LogP contribution in [0.1, 0.15) is 64.8 Å². The maximum Gasteiger partial charge on any atom is 0.476 e. The van der Waals surface area contributed by atoms with Crippen molar-refractivity contribution in [2.75, 3.05) is 26.4 Å². The zero-order valence-corrected chi connectivity index (χ0v) is 19.7. The van der Waals surface area contributed by atoms with E-state index in [1.807, 2.05) is 33.8 Å². The zero-order chi connectivity index (χ0) is 21.4. The van der Waals surface area contributed by atoms with Crippen molar-refractivity contribution in [3.63, 3.8) is 0 Å². The van der Waals surface area contributed by atoms with Crippen molar-refractivity contribution in [1.82, 2.24) is 0 Å². The smallest absolute Gasteiger partial charge is 0.306 e. The van der Waals surface area contributed by atoms with E-state index in [9.17, 15) is 9.13 Å². The molecule has 7 nitrogen and oxygen atoms in total. The number of benzene rings is 1. The molecule has 0 N–H and O–H groups in total. The molecule has 1 aliphatic rings. The predicted molar refractivity (Wildman–Crippen MR) is 113 cm³/mol. The second-order valence-corrected chi connectivity index (χ2v) is 11.6. The molecule has 1 aromatic rings. The lowest BCUT2D eigenvalue weighted by molar-refractivity contribution is 0.0175. The molecule has 1 atom stereocenters. The molecule has 1 fully saturated rings. The van der Waals surface area contributed by atoms with E-state index in [2.05, 4.69) is 0 Å². The van der Waals surface area contributed by atoms with Crippen LogP contribution in [0.2, 0.25) is 0 Å². The van der Waals surface area contributed by atoms with E-state index in [4.69, 9.17) is 22.6 Å². The number of hydrogen-bond acceptors (Lipinski definition) is 7. The van der Waals surface area contributed by atoms with E-state index < -0.39 is 21.3 Å². The first-order valence-electron chi connectivity index (χ1n) is 10.2. The summed E-state index contributed by atoms with van der Waals surface area (Å²) in [5, 5.41) is 0. The van der Waals surface area contributed by atoms with Crippen LogP contribution in [0.5, 0.6) is 0 Å². The maximum atomic E-state index is 13.6. The number of unbranched alkanes of at least 4 members (excludes halogenated alkanes) is 2. The van der Waals surface area contributed by atoms with Gasteiger partial charge in [-0.05, 0) is 18.4 Å². The molecule has 166 valence electrons. The molecule has 0 saturated carbocycles. The fourth-order valence-electron chi connectivity index (χ4n) is 2.52. The Hall–Kier alpha value is -0.520. The van der Waals surface area contributed by atoms with Crippen molar-refractivity contribution < 1.29 is 31.7 Å². The van der Waals surface area contributed by atoms with Crippen molar-refractivity contribution in [1.29, 1.82) is 0 Å². The fraction of sp³-hybridized carbons (Fsp3) is 0.700. The van der Waals surface area contributed by atoms with E-state index in [-0.39, 0.29) is 31.8 Å². The van der Waals surface area contributed by atoms with Crippen molar-refractivity contribution in [3.05, 3.63) is 35.9 Å². The summed E-state index contributed by atoms with van der Waals surface area (Å²) < 4.78 is 55.1. The highest BCUT2D eigenvalue weighted by atomic mass is 31.2. The summed E-state index contributed by atoms with van der Waals surface area (Å²) in [6, 6.07) is 8.87. The van der Waals surface area contributed by atoms with Crippen LogP contribution in [0.3, 0.4) is 0 Å². The van der Waals surface area contributed by atoms with Crippen molar-refractivity contribution in [2.24, 2.45) is 5.41 Å². The summed E-state index contributed by atoms with van der Waals surface area (Å²) in [5.74, 6) is -1.20. The van der Waals surface area contributed by atoms with Crippen LogP contribution < -0.4 is 0 Å². The van der Waals surface area contributed by atoms with Crippen LogP contribution in [0.15, 0.2) is 30.3 Å². The van der Waals surface area contributed by atoms with Crippen molar-refractivity contribution >= 4 is 15.4 Å². The Morgan fingerprint density at radius 3 is 2.03 bits per heavy atom. The first-order chi connectivity index (χ1) is 13.7. The molecule has 1 aromatic carbocycles. The molecule has 2 rings (SSSR count). The average Bonchev–Trinajstić information content (AvgIpc) is 2.70. The molecule has 29 heavy (non-hydrogen) atoms. The Labute approximate surface area is 174 Å². The third-order valence-electron chi connectivity index (χ3n) is 4.37. The van der Waals surface area contributed by atoms with E-state index in [0.29, 0.717) is 18.4 Å². The summed E-state index contributed by atoms with van der Waals surface area (Å²) in [7, 11) is -7.73. The van der Waals surface area contributed by atoms with Crippen LogP contribution >= 0.6 is 15.4 Å². The Bertz CT molecular complexity index is 680. The highest BCUT2D eigenvalue weighted by molar-refractivity contribution is 7.55. The van der Waals surface area contributed by atoms with Crippen molar-refractivity contribution in [2.45, 2.75) is 59.2 Å². The third kappa shape index (κ3) is 7.59. The summed E-state index contributed by atoms with van der Waals surface area (Å²) in [6.45, 7) is 8.86. The van der Waals surface area contributed by atoms with Crippen LogP contribution in [-0.4, -0.2) is 26.4 Å². The minimum atomic E-state index is -3.97. The van der Waals surface area contributed by atoms with Crippen LogP contribution in [0, 0.1) is 5.41 Å². The van der Waals surface area contributed by atoms with E-state index >= 15 is 0 Å². The quantitative estimate of drug-likeness (QED) is 0.260. The van der Waals surface area contributed by atoms with Gasteiger partial charge in [0.2, 0.25) is 0 Å². The van der Waals surface area contributed by atoms with E-state index in [1.54, 1.807) is 24.3 Å². The van der Waals surface area contributed by atoms with Gasteiger partial charge in [0.05, 0.1) is 26.4 Å². The van der Waals surface area contributed by atoms with Gasteiger partial charge in [-0.2, -0.15) is 0 Å². The molecule has 0 radical (unpaired) electrons. The minimum absolute atomic E-state index is 0.223. The first kappa shape index (κ1) is 24.7. The van der Waals surface area contributed by atoms with Gasteiger partial charge in [0, 0.05) is 5.41 Å². The lowest BCUT2D eigenvalue weighted by Crippen LogP contribution is -2.31. The molecule has 0 spiro atoms. The maximum absolute atomic E-state index is 13.6. The van der Waals surface area contributed by atoms with Gasteiger partial charge in [0.25, 0.3) is 0 Å². The summed E-state index contributed by atoms with van der Waals surface area (Å²) >= 11 is 0. The van der Waals surface area contributed by atoms with Crippen LogP contribution in [0.25, 0.3) is 0 Å². The Morgan fingerprint density at radius 1 is 1.03 bits per heavy atom. The SMILES string of the molecule is CCCCOP(=O)(OCCCC)OC(c1ccccc1)P1(=O)OCC(C)(C)CO1. The van der Waals surface area contributed by atoms with Gasteiger partial charge in [-0.3, -0.25) is 18.1 Å². The largest absolute Gasteiger partial charge is 0.476 e. The van der Waals surface area contributed by atoms with Gasteiger partial charge in [-0.1, -0.05) is 70.9 Å². The Morgan fingerprint density at radius 2 is 1.55 bits per heavy atom. The van der Waals surface area contributed by atoms with Crippen LogP contribution in [-0.2, 0) is 31.7 Å². The highest BCUT2D eigenvalue weighted by Crippen LogP contribution is 2.69. The summed E-state index contributed by atoms with van der Waals surface area (Å²) in [4.78, 5) is 0. The highest BCUT2D eigenvalue weighted by Gasteiger charge is 2.48. The standard InChI is InChI=1S/C20H34O7P2/c1-5-7-14-23-29(22,24-15-8-6-2)27-19(18-12-10-9-11-13-18)28(21)25-16-20(3,4)17-26-28/h9-13,19H,5-8,14-17H2,1-4H3. The number of phosphoric acid groups is 1. The lowest BCUT2D eigenvalue weighted by Gasteiger charge is -2.37. The average molecular weight is 448 g/mol. The van der Waals surface area contributed by atoms with Gasteiger partial charge in [-0.15, -0.1) is 0 Å². The minimum Gasteiger partial charge on any atom is -0.306 e. The van der Waals surface area contributed by atoms with E-state index in [1.165, 1.54) is 0 Å². The van der Waals surface area contributed by atoms with Crippen LogP contribution in [0.4, 0.5) is 0 Å². The Kier molecular flexibility index (Phi) is 9.56. The molecular formula is C20H34O7P2. The monoisotopic (exact) mass is 448 g/mol. The molecule has 0 bridgehead atoms. The molecule has 1 heterocycles. The van der Waals surface area contributed by atoms with Gasteiger partial charge < -0.3 is 9.05 Å². The molecule has 0 amide bonds. The summed E-state index contributed by atoms with van der Waals surface area (Å²) in [5.41, 5.74) is 0.266. The number of phosphoric ester groups is 1. The van der Waals surface area contributed by atoms with Gasteiger partial charge >= 0.3 is 15.4 Å². The normalized spacial score (nSPS) is 19.7. The first-order valence-corrected chi connectivity index (χ1v) is 13.3. The van der Waals surface area contributed by atoms with Gasteiger partial charge in [0.1, 0.15) is 0 Å². The van der Waals surface area contributed by atoms with E-state index in [0.717, 1.165) is 12.8 Å². The molecule has 0 aromatic heterocycles. The van der Waals surface area contributed by atoms with Gasteiger partial charge in [-0.25, -0.2) is 4.57 Å². The number of rotatable bonds is 12. The molecular weight excluding hydrogens is 414 g/mol. The lowest BCUT2D eigenvalue weighted by atomic mass is 9.97. The molecule has 1 unspecified atom stereocenters. The Balaban J connectivity index is 2.28. The summed E-state index contributed by atoms with van der Waals surface area (Å²) in [6.07, 6.45) is 3.16. The predicted octanol–water partition coefficient (Wildman–Crippen LogP) is 6.71. The molecule has 1 saturated heterocycles. The second-order valence-electron chi connectivity index (χ2n) is 7.94. The van der Waals surface area contributed by atoms with Crippen molar-refractivity contribution in [3.8, 4) is 0 Å². The molecule has 0 aliphatic carbocycles. The topological polar surface area (TPSA) is 80.3 Å².